The van der Waals surface area contributed by atoms with Crippen LogP contribution in [0.4, 0.5) is 11.6 Å². The first-order valence-corrected chi connectivity index (χ1v) is 12.3. The average molecular weight is 464 g/mol. The summed E-state index contributed by atoms with van der Waals surface area (Å²) in [6.45, 7) is 7.10. The second kappa shape index (κ2) is 9.33. The van der Waals surface area contributed by atoms with Crippen molar-refractivity contribution in [1.29, 1.82) is 0 Å². The lowest BCUT2D eigenvalue weighted by atomic mass is 9.79. The lowest BCUT2D eigenvalue weighted by Gasteiger charge is -2.45. The minimum absolute atomic E-state index is 0.0367. The number of carbonyl (C=O) groups is 2. The number of aromatic nitrogens is 2. The van der Waals surface area contributed by atoms with Gasteiger partial charge in [0.05, 0.1) is 6.04 Å². The Kier molecular flexibility index (Phi) is 6.25. The van der Waals surface area contributed by atoms with Crippen molar-refractivity contribution in [3.05, 3.63) is 47.3 Å². The normalized spacial score (nSPS) is 24.9. The predicted octanol–water partition coefficient (Wildman–Crippen LogP) is 3.63. The summed E-state index contributed by atoms with van der Waals surface area (Å²) in [5.74, 6) is 1.13. The molecule has 2 amide bonds. The molecular formula is C26H33N5O3. The van der Waals surface area contributed by atoms with Crippen molar-refractivity contribution in [2.24, 2.45) is 11.8 Å². The Morgan fingerprint density at radius 3 is 2.56 bits per heavy atom. The van der Waals surface area contributed by atoms with E-state index >= 15 is 0 Å². The number of rotatable bonds is 5. The SMILES string of the molecule is CC(=O)N1c2ccc(C(=O)NC3CCOCC3)cc2C(Nc2nccc(C)n2)C(C)C1C1CC1. The van der Waals surface area contributed by atoms with Gasteiger partial charge < -0.3 is 20.3 Å². The van der Waals surface area contributed by atoms with Crippen LogP contribution in [-0.2, 0) is 9.53 Å². The maximum atomic E-state index is 13.1. The number of nitrogens with one attached hydrogen (secondary N) is 2. The molecule has 2 aliphatic heterocycles. The number of aryl methyl sites for hydroxylation is 1. The molecule has 2 N–H and O–H groups in total. The fourth-order valence-electron chi connectivity index (χ4n) is 5.48. The third-order valence-corrected chi connectivity index (χ3v) is 7.33. The van der Waals surface area contributed by atoms with E-state index in [9.17, 15) is 9.59 Å². The van der Waals surface area contributed by atoms with Crippen LogP contribution in [0.5, 0.6) is 0 Å². The van der Waals surface area contributed by atoms with Crippen LogP contribution < -0.4 is 15.5 Å². The van der Waals surface area contributed by atoms with Crippen LogP contribution in [0.2, 0.25) is 0 Å². The molecule has 1 aromatic carbocycles. The quantitative estimate of drug-likeness (QED) is 0.703. The predicted molar refractivity (Wildman–Crippen MR) is 130 cm³/mol. The number of nitrogens with zero attached hydrogens (tertiary/aromatic N) is 3. The summed E-state index contributed by atoms with van der Waals surface area (Å²) < 4.78 is 5.41. The van der Waals surface area contributed by atoms with Crippen LogP contribution in [-0.4, -0.2) is 47.1 Å². The van der Waals surface area contributed by atoms with E-state index in [0.29, 0.717) is 30.6 Å². The number of hydrogen-bond donors (Lipinski definition) is 2. The zero-order chi connectivity index (χ0) is 23.8. The third-order valence-electron chi connectivity index (χ3n) is 7.33. The Balaban J connectivity index is 1.52. The minimum Gasteiger partial charge on any atom is -0.381 e. The Morgan fingerprint density at radius 2 is 1.88 bits per heavy atom. The molecule has 5 rings (SSSR count). The fraction of sp³-hybridized carbons (Fsp3) is 0.538. The number of amides is 2. The molecule has 1 aliphatic carbocycles. The molecule has 8 heteroatoms. The molecule has 3 unspecified atom stereocenters. The van der Waals surface area contributed by atoms with E-state index in [4.69, 9.17) is 4.74 Å². The summed E-state index contributed by atoms with van der Waals surface area (Å²) in [7, 11) is 0. The molecule has 0 radical (unpaired) electrons. The third kappa shape index (κ3) is 4.51. The van der Waals surface area contributed by atoms with Crippen LogP contribution in [0.25, 0.3) is 0 Å². The summed E-state index contributed by atoms with van der Waals surface area (Å²) >= 11 is 0. The Labute approximate surface area is 200 Å². The Hall–Kier alpha value is -3.00. The van der Waals surface area contributed by atoms with Crippen LogP contribution >= 0.6 is 0 Å². The van der Waals surface area contributed by atoms with Gasteiger partial charge in [-0.3, -0.25) is 9.59 Å². The van der Waals surface area contributed by atoms with Crippen LogP contribution in [0.15, 0.2) is 30.5 Å². The number of hydrogen-bond acceptors (Lipinski definition) is 6. The summed E-state index contributed by atoms with van der Waals surface area (Å²) in [6, 6.07) is 7.69. The van der Waals surface area contributed by atoms with Gasteiger partial charge >= 0.3 is 0 Å². The first kappa shape index (κ1) is 22.8. The van der Waals surface area contributed by atoms with Gasteiger partial charge in [0.1, 0.15) is 0 Å². The summed E-state index contributed by atoms with van der Waals surface area (Å²) in [6.07, 6.45) is 5.66. The monoisotopic (exact) mass is 463 g/mol. The van der Waals surface area contributed by atoms with E-state index in [0.717, 1.165) is 42.6 Å². The fourth-order valence-corrected chi connectivity index (χ4v) is 5.48. The first-order chi connectivity index (χ1) is 16.4. The van der Waals surface area contributed by atoms with Gasteiger partial charge in [0.15, 0.2) is 0 Å². The highest BCUT2D eigenvalue weighted by atomic mass is 16.5. The van der Waals surface area contributed by atoms with Crippen LogP contribution in [0.3, 0.4) is 0 Å². The number of carbonyl (C=O) groups excluding carboxylic acids is 2. The van der Waals surface area contributed by atoms with Gasteiger partial charge in [-0.15, -0.1) is 0 Å². The lowest BCUT2D eigenvalue weighted by molar-refractivity contribution is -0.117. The smallest absolute Gasteiger partial charge is 0.251 e. The maximum absolute atomic E-state index is 13.1. The largest absolute Gasteiger partial charge is 0.381 e. The van der Waals surface area contributed by atoms with Crippen LogP contribution in [0.1, 0.15) is 67.2 Å². The molecule has 1 aromatic heterocycles. The van der Waals surface area contributed by atoms with Gasteiger partial charge in [-0.2, -0.15) is 0 Å². The highest BCUT2D eigenvalue weighted by Crippen LogP contribution is 2.50. The molecular weight excluding hydrogens is 430 g/mol. The molecule has 1 saturated carbocycles. The zero-order valence-electron chi connectivity index (χ0n) is 20.1. The van der Waals surface area contributed by atoms with Gasteiger partial charge in [-0.1, -0.05) is 6.92 Å². The summed E-state index contributed by atoms with van der Waals surface area (Å²) in [4.78, 5) is 36.9. The molecule has 2 fully saturated rings. The topological polar surface area (TPSA) is 96.5 Å². The van der Waals surface area contributed by atoms with Gasteiger partial charge in [0.2, 0.25) is 11.9 Å². The minimum atomic E-state index is -0.117. The van der Waals surface area contributed by atoms with Crippen molar-refractivity contribution in [2.45, 2.75) is 64.6 Å². The number of benzene rings is 1. The van der Waals surface area contributed by atoms with E-state index < -0.39 is 0 Å². The standard InChI is InChI=1S/C26H33N5O3/c1-15-8-11-27-26(28-15)30-23-16(2)24(18-4-5-18)31(17(3)32)22-7-6-19(14-21(22)23)25(33)29-20-9-12-34-13-10-20/h6-8,11,14,16,18,20,23-24H,4-5,9-10,12-13H2,1-3H3,(H,29,33)(H,27,28,30). The van der Waals surface area contributed by atoms with Crippen molar-refractivity contribution >= 4 is 23.5 Å². The van der Waals surface area contributed by atoms with Crippen molar-refractivity contribution in [2.75, 3.05) is 23.4 Å². The number of fused-ring (bicyclic) bond motifs is 1. The number of ether oxygens (including phenoxy) is 1. The van der Waals surface area contributed by atoms with E-state index in [2.05, 4.69) is 27.5 Å². The van der Waals surface area contributed by atoms with Crippen molar-refractivity contribution in [3.63, 3.8) is 0 Å². The Bertz CT molecular complexity index is 1080. The Morgan fingerprint density at radius 1 is 1.12 bits per heavy atom. The molecule has 3 aliphatic rings. The molecule has 2 aromatic rings. The zero-order valence-corrected chi connectivity index (χ0v) is 20.1. The van der Waals surface area contributed by atoms with Crippen molar-refractivity contribution < 1.29 is 14.3 Å². The second-order valence-corrected chi connectivity index (χ2v) is 9.85. The van der Waals surface area contributed by atoms with Crippen LogP contribution in [0, 0.1) is 18.8 Å². The first-order valence-electron chi connectivity index (χ1n) is 12.3. The van der Waals surface area contributed by atoms with E-state index in [-0.39, 0.29) is 35.9 Å². The molecule has 0 spiro atoms. The highest BCUT2D eigenvalue weighted by molar-refractivity contribution is 5.98. The molecule has 3 heterocycles. The van der Waals surface area contributed by atoms with E-state index in [1.807, 2.05) is 36.1 Å². The number of anilines is 2. The summed E-state index contributed by atoms with van der Waals surface area (Å²) in [5.41, 5.74) is 3.29. The second-order valence-electron chi connectivity index (χ2n) is 9.85. The van der Waals surface area contributed by atoms with E-state index in [1.165, 1.54) is 0 Å². The van der Waals surface area contributed by atoms with E-state index in [1.54, 1.807) is 13.1 Å². The molecule has 180 valence electrons. The van der Waals surface area contributed by atoms with Gasteiger partial charge in [-0.25, -0.2) is 9.97 Å². The van der Waals surface area contributed by atoms with Gasteiger partial charge in [-0.05, 0) is 68.4 Å². The molecule has 1 saturated heterocycles. The summed E-state index contributed by atoms with van der Waals surface area (Å²) in [5, 5.41) is 6.69. The van der Waals surface area contributed by atoms with Crippen molar-refractivity contribution in [1.82, 2.24) is 15.3 Å². The van der Waals surface area contributed by atoms with Gasteiger partial charge in [0.25, 0.3) is 5.91 Å². The molecule has 34 heavy (non-hydrogen) atoms. The molecule has 0 bridgehead atoms. The van der Waals surface area contributed by atoms with Crippen molar-refractivity contribution in [3.8, 4) is 0 Å². The van der Waals surface area contributed by atoms with Gasteiger partial charge in [0, 0.05) is 61.3 Å². The molecule has 3 atom stereocenters. The highest BCUT2D eigenvalue weighted by Gasteiger charge is 2.47. The maximum Gasteiger partial charge on any atom is 0.251 e. The average Bonchev–Trinajstić information content (AvgIpc) is 3.66. The molecule has 8 nitrogen and oxygen atoms in total. The lowest BCUT2D eigenvalue weighted by Crippen LogP contribution is -2.51.